The lowest BCUT2D eigenvalue weighted by Gasteiger charge is -2.22. The normalized spacial score (nSPS) is 10.5. The topological polar surface area (TPSA) is 66.8 Å². The molecule has 0 atom stereocenters. The van der Waals surface area contributed by atoms with Crippen molar-refractivity contribution in [3.63, 3.8) is 0 Å². The number of hydrogen-bond donors (Lipinski definition) is 1. The molecule has 2 aromatic carbocycles. The van der Waals surface area contributed by atoms with Crippen molar-refractivity contribution in [2.24, 2.45) is 0 Å². The SMILES string of the molecule is CCOc1ccc(CC(=O)N(CCC(=O)O)Cc2ccc(F)c(F)c2)cc1. The van der Waals surface area contributed by atoms with Crippen molar-refractivity contribution in [2.45, 2.75) is 26.3 Å². The highest BCUT2D eigenvalue weighted by molar-refractivity contribution is 5.79. The van der Waals surface area contributed by atoms with Crippen LogP contribution in [0.5, 0.6) is 5.75 Å². The van der Waals surface area contributed by atoms with E-state index in [4.69, 9.17) is 9.84 Å². The van der Waals surface area contributed by atoms with E-state index in [0.29, 0.717) is 17.9 Å². The van der Waals surface area contributed by atoms with Crippen molar-refractivity contribution in [1.82, 2.24) is 4.90 Å². The Morgan fingerprint density at radius 1 is 1.04 bits per heavy atom. The molecule has 144 valence electrons. The lowest BCUT2D eigenvalue weighted by atomic mass is 10.1. The maximum atomic E-state index is 13.4. The maximum absolute atomic E-state index is 13.4. The molecule has 1 amide bonds. The summed E-state index contributed by atoms with van der Waals surface area (Å²) in [4.78, 5) is 24.8. The molecule has 0 aromatic heterocycles. The minimum Gasteiger partial charge on any atom is -0.494 e. The third-order valence-electron chi connectivity index (χ3n) is 3.90. The molecule has 7 heteroatoms. The molecule has 0 spiro atoms. The smallest absolute Gasteiger partial charge is 0.305 e. The molecule has 0 heterocycles. The summed E-state index contributed by atoms with van der Waals surface area (Å²) in [7, 11) is 0. The molecule has 0 aliphatic rings. The molecule has 0 saturated heterocycles. The van der Waals surface area contributed by atoms with E-state index in [1.165, 1.54) is 11.0 Å². The first-order valence-electron chi connectivity index (χ1n) is 8.54. The highest BCUT2D eigenvalue weighted by Crippen LogP contribution is 2.15. The summed E-state index contributed by atoms with van der Waals surface area (Å²) >= 11 is 0. The standard InChI is InChI=1S/C20H21F2NO4/c1-2-27-16-6-3-14(4-7-16)12-19(24)23(10-9-20(25)26)13-15-5-8-17(21)18(22)11-15/h3-8,11H,2,9-10,12-13H2,1H3,(H,25,26). The number of nitrogens with zero attached hydrogens (tertiary/aromatic N) is 1. The molecule has 27 heavy (non-hydrogen) atoms. The van der Waals surface area contributed by atoms with Gasteiger partial charge in [-0.25, -0.2) is 8.78 Å². The number of aliphatic carboxylic acids is 1. The van der Waals surface area contributed by atoms with Gasteiger partial charge in [0.2, 0.25) is 5.91 Å². The molecular weight excluding hydrogens is 356 g/mol. The van der Waals surface area contributed by atoms with Gasteiger partial charge < -0.3 is 14.7 Å². The number of carbonyl (C=O) groups excluding carboxylic acids is 1. The van der Waals surface area contributed by atoms with Gasteiger partial charge in [0.1, 0.15) is 5.75 Å². The predicted molar refractivity (Wildman–Crippen MR) is 95.3 cm³/mol. The van der Waals surface area contributed by atoms with E-state index in [1.54, 1.807) is 24.3 Å². The van der Waals surface area contributed by atoms with Crippen LogP contribution in [0.3, 0.4) is 0 Å². The van der Waals surface area contributed by atoms with E-state index in [2.05, 4.69) is 0 Å². The van der Waals surface area contributed by atoms with Crippen LogP contribution in [0.15, 0.2) is 42.5 Å². The molecule has 0 aliphatic heterocycles. The van der Waals surface area contributed by atoms with Crippen LogP contribution in [-0.4, -0.2) is 35.0 Å². The van der Waals surface area contributed by atoms with Crippen LogP contribution < -0.4 is 4.74 Å². The average Bonchev–Trinajstić information content (AvgIpc) is 2.63. The van der Waals surface area contributed by atoms with Gasteiger partial charge in [-0.15, -0.1) is 0 Å². The highest BCUT2D eigenvalue weighted by Gasteiger charge is 2.17. The fourth-order valence-electron chi connectivity index (χ4n) is 2.54. The Kier molecular flexibility index (Phi) is 7.28. The first kappa shape index (κ1) is 20.4. The average molecular weight is 377 g/mol. The van der Waals surface area contributed by atoms with Gasteiger partial charge in [-0.2, -0.15) is 0 Å². The summed E-state index contributed by atoms with van der Waals surface area (Å²) < 4.78 is 31.8. The first-order valence-corrected chi connectivity index (χ1v) is 8.54. The zero-order valence-corrected chi connectivity index (χ0v) is 15.0. The molecule has 5 nitrogen and oxygen atoms in total. The van der Waals surface area contributed by atoms with E-state index >= 15 is 0 Å². The van der Waals surface area contributed by atoms with E-state index in [-0.39, 0.29) is 31.8 Å². The number of amides is 1. The number of hydrogen-bond acceptors (Lipinski definition) is 3. The predicted octanol–water partition coefficient (Wildman–Crippen LogP) is 3.41. The third kappa shape index (κ3) is 6.36. The number of carboxylic acid groups (broad SMARTS) is 1. The molecule has 2 aromatic rings. The Hall–Kier alpha value is -2.96. The Morgan fingerprint density at radius 2 is 1.70 bits per heavy atom. The lowest BCUT2D eigenvalue weighted by molar-refractivity contribution is -0.138. The number of ether oxygens (including phenoxy) is 1. The second-order valence-electron chi connectivity index (χ2n) is 5.96. The van der Waals surface area contributed by atoms with Gasteiger partial charge in [0, 0.05) is 13.1 Å². The van der Waals surface area contributed by atoms with E-state index in [1.807, 2.05) is 6.92 Å². The fourth-order valence-corrected chi connectivity index (χ4v) is 2.54. The highest BCUT2D eigenvalue weighted by atomic mass is 19.2. The first-order chi connectivity index (χ1) is 12.9. The lowest BCUT2D eigenvalue weighted by Crippen LogP contribution is -2.33. The summed E-state index contributed by atoms with van der Waals surface area (Å²) in [6, 6.07) is 10.4. The van der Waals surface area contributed by atoms with E-state index < -0.39 is 17.6 Å². The summed E-state index contributed by atoms with van der Waals surface area (Å²) in [6.45, 7) is 2.38. The molecule has 0 saturated carbocycles. The zero-order valence-electron chi connectivity index (χ0n) is 15.0. The second kappa shape index (κ2) is 9.66. The van der Waals surface area contributed by atoms with Gasteiger partial charge in [0.15, 0.2) is 11.6 Å². The maximum Gasteiger partial charge on any atom is 0.305 e. The van der Waals surface area contributed by atoms with Gasteiger partial charge >= 0.3 is 5.97 Å². The van der Waals surface area contributed by atoms with Crippen molar-refractivity contribution in [3.8, 4) is 5.75 Å². The zero-order chi connectivity index (χ0) is 19.8. The summed E-state index contributed by atoms with van der Waals surface area (Å²) in [5.74, 6) is -2.64. The van der Waals surface area contributed by atoms with Crippen LogP contribution in [0.2, 0.25) is 0 Å². The molecule has 0 bridgehead atoms. The minimum atomic E-state index is -1.04. The third-order valence-corrected chi connectivity index (χ3v) is 3.90. The monoisotopic (exact) mass is 377 g/mol. The Bertz CT molecular complexity index is 793. The van der Waals surface area contributed by atoms with E-state index in [9.17, 15) is 18.4 Å². The van der Waals surface area contributed by atoms with Crippen molar-refractivity contribution < 1.29 is 28.2 Å². The number of rotatable bonds is 9. The Balaban J connectivity index is 2.10. The van der Waals surface area contributed by atoms with Crippen LogP contribution in [-0.2, 0) is 22.6 Å². The molecule has 0 fully saturated rings. The van der Waals surface area contributed by atoms with Crippen molar-refractivity contribution in [1.29, 1.82) is 0 Å². The number of carboxylic acids is 1. The van der Waals surface area contributed by atoms with Crippen molar-refractivity contribution >= 4 is 11.9 Å². The Labute approximate surface area is 156 Å². The van der Waals surface area contributed by atoms with Crippen LogP contribution in [0.4, 0.5) is 8.78 Å². The minimum absolute atomic E-state index is 0.000340. The molecular formula is C20H21F2NO4. The summed E-state index contributed by atoms with van der Waals surface area (Å²) in [6.07, 6.45) is -0.172. The van der Waals surface area contributed by atoms with Gasteiger partial charge in [-0.05, 0) is 42.3 Å². The van der Waals surface area contributed by atoms with Crippen LogP contribution >= 0.6 is 0 Å². The van der Waals surface area contributed by atoms with Gasteiger partial charge in [0.25, 0.3) is 0 Å². The van der Waals surface area contributed by atoms with Gasteiger partial charge in [-0.1, -0.05) is 18.2 Å². The summed E-state index contributed by atoms with van der Waals surface area (Å²) in [5.41, 5.74) is 1.13. The molecule has 2 rings (SSSR count). The second-order valence-corrected chi connectivity index (χ2v) is 5.96. The van der Waals surface area contributed by atoms with Gasteiger partial charge in [0.05, 0.1) is 19.4 Å². The van der Waals surface area contributed by atoms with Crippen LogP contribution in [0.1, 0.15) is 24.5 Å². The van der Waals surface area contributed by atoms with E-state index in [0.717, 1.165) is 17.7 Å². The van der Waals surface area contributed by atoms with Crippen molar-refractivity contribution in [2.75, 3.05) is 13.2 Å². The number of halogens is 2. The molecule has 1 N–H and O–H groups in total. The largest absolute Gasteiger partial charge is 0.494 e. The quantitative estimate of drug-likeness (QED) is 0.727. The molecule has 0 aliphatic carbocycles. The fraction of sp³-hybridized carbons (Fsp3) is 0.300. The number of benzene rings is 2. The molecule has 0 radical (unpaired) electrons. The van der Waals surface area contributed by atoms with Crippen LogP contribution in [0.25, 0.3) is 0 Å². The number of carbonyl (C=O) groups is 2. The van der Waals surface area contributed by atoms with Gasteiger partial charge in [-0.3, -0.25) is 9.59 Å². The summed E-state index contributed by atoms with van der Waals surface area (Å²) in [5, 5.41) is 8.90. The van der Waals surface area contributed by atoms with Crippen molar-refractivity contribution in [3.05, 3.63) is 65.2 Å². The van der Waals surface area contributed by atoms with Crippen LogP contribution in [0, 0.1) is 11.6 Å². The Morgan fingerprint density at radius 3 is 2.30 bits per heavy atom. The molecule has 0 unspecified atom stereocenters.